The molecule has 1 aromatic rings. The van der Waals surface area contributed by atoms with Crippen LogP contribution in [0.4, 0.5) is 4.79 Å². The number of hydrogen-bond acceptors (Lipinski definition) is 6. The molecule has 186 valence electrons. The van der Waals surface area contributed by atoms with Crippen molar-refractivity contribution in [2.45, 2.75) is 95.8 Å². The number of amides is 1. The minimum atomic E-state index is -0.544. The standard InChI is InChI=1S/C27H37NO6/c1-16(24(30)32-5)23(17-6-7-17)18-8-9-20-21(29)15-27(33-22(20)14-18)12-10-19(11-13-27)28-25(31)34-26(2,3)4/h8-9,14,16-17,19,23H,6-7,10-13,15H2,1-5H3,(H,28,31)/t16-,19?,23+,27?/m1/s1. The van der Waals surface area contributed by atoms with Crippen molar-refractivity contribution in [2.75, 3.05) is 7.11 Å². The summed E-state index contributed by atoms with van der Waals surface area (Å²) in [6, 6.07) is 5.81. The Morgan fingerprint density at radius 3 is 2.41 bits per heavy atom. The molecule has 1 spiro atoms. The summed E-state index contributed by atoms with van der Waals surface area (Å²) in [4.78, 5) is 37.5. The second-order valence-electron chi connectivity index (χ2n) is 11.2. The third-order valence-electron chi connectivity index (χ3n) is 7.36. The lowest BCUT2D eigenvalue weighted by molar-refractivity contribution is -0.145. The van der Waals surface area contributed by atoms with Crippen LogP contribution in [0.3, 0.4) is 0 Å². The Labute approximate surface area is 201 Å². The highest BCUT2D eigenvalue weighted by Crippen LogP contribution is 2.49. The van der Waals surface area contributed by atoms with Crippen LogP contribution in [0.1, 0.15) is 94.5 Å². The number of nitrogens with one attached hydrogen (secondary N) is 1. The zero-order valence-electron chi connectivity index (χ0n) is 20.9. The first-order chi connectivity index (χ1) is 16.0. The Hall–Kier alpha value is -2.57. The molecule has 1 aromatic carbocycles. The number of fused-ring (bicyclic) bond motifs is 1. The molecule has 2 atom stereocenters. The molecule has 7 heteroatoms. The third-order valence-corrected chi connectivity index (χ3v) is 7.36. The summed E-state index contributed by atoms with van der Waals surface area (Å²) in [6.45, 7) is 7.45. The molecule has 0 radical (unpaired) electrons. The van der Waals surface area contributed by atoms with Crippen LogP contribution in [0.15, 0.2) is 18.2 Å². The van der Waals surface area contributed by atoms with E-state index in [-0.39, 0.29) is 29.6 Å². The second-order valence-corrected chi connectivity index (χ2v) is 11.2. The second kappa shape index (κ2) is 9.23. The summed E-state index contributed by atoms with van der Waals surface area (Å²) >= 11 is 0. The van der Waals surface area contributed by atoms with Gasteiger partial charge in [-0.25, -0.2) is 4.79 Å². The van der Waals surface area contributed by atoms with Gasteiger partial charge in [0.2, 0.25) is 0 Å². The molecule has 4 rings (SSSR count). The summed E-state index contributed by atoms with van der Waals surface area (Å²) in [5, 5.41) is 2.95. The fourth-order valence-electron chi connectivity index (χ4n) is 5.52. The van der Waals surface area contributed by atoms with Crippen LogP contribution in [-0.2, 0) is 14.3 Å². The number of benzene rings is 1. The summed E-state index contributed by atoms with van der Waals surface area (Å²) in [7, 11) is 1.43. The minimum Gasteiger partial charge on any atom is -0.486 e. The summed E-state index contributed by atoms with van der Waals surface area (Å²) < 4.78 is 16.9. The molecular weight excluding hydrogens is 434 g/mol. The molecule has 2 aliphatic carbocycles. The van der Waals surface area contributed by atoms with E-state index in [1.165, 1.54) is 7.11 Å². The van der Waals surface area contributed by atoms with Crippen LogP contribution in [0.2, 0.25) is 0 Å². The van der Waals surface area contributed by atoms with Gasteiger partial charge in [-0.2, -0.15) is 0 Å². The zero-order valence-corrected chi connectivity index (χ0v) is 20.9. The van der Waals surface area contributed by atoms with Crippen LogP contribution in [0, 0.1) is 11.8 Å². The average molecular weight is 472 g/mol. The fourth-order valence-corrected chi connectivity index (χ4v) is 5.52. The van der Waals surface area contributed by atoms with Crippen molar-refractivity contribution in [1.29, 1.82) is 0 Å². The maximum absolute atomic E-state index is 13.0. The molecule has 0 aromatic heterocycles. The van der Waals surface area contributed by atoms with Crippen LogP contribution in [0.5, 0.6) is 5.75 Å². The monoisotopic (exact) mass is 471 g/mol. The Balaban J connectivity index is 1.47. The topological polar surface area (TPSA) is 90.9 Å². The predicted octanol–water partition coefficient (Wildman–Crippen LogP) is 5.16. The molecule has 1 aliphatic heterocycles. The Morgan fingerprint density at radius 1 is 1.15 bits per heavy atom. The van der Waals surface area contributed by atoms with Crippen molar-refractivity contribution in [1.82, 2.24) is 5.32 Å². The average Bonchev–Trinajstić information content (AvgIpc) is 3.58. The number of esters is 1. The third kappa shape index (κ3) is 5.39. The van der Waals surface area contributed by atoms with Gasteiger partial charge in [0.05, 0.1) is 25.0 Å². The van der Waals surface area contributed by atoms with E-state index in [4.69, 9.17) is 14.2 Å². The number of ether oxygens (including phenoxy) is 3. The van der Waals surface area contributed by atoms with Gasteiger partial charge in [-0.15, -0.1) is 0 Å². The lowest BCUT2D eigenvalue weighted by Gasteiger charge is -2.43. The fraction of sp³-hybridized carbons (Fsp3) is 0.667. The van der Waals surface area contributed by atoms with Crippen molar-refractivity contribution in [3.8, 4) is 5.75 Å². The molecule has 0 unspecified atom stereocenters. The molecule has 2 fully saturated rings. The van der Waals surface area contributed by atoms with Gasteiger partial charge in [0.15, 0.2) is 5.78 Å². The summed E-state index contributed by atoms with van der Waals surface area (Å²) in [6.07, 6.45) is 4.97. The highest BCUT2D eigenvalue weighted by atomic mass is 16.6. The van der Waals surface area contributed by atoms with Gasteiger partial charge in [0.1, 0.15) is 17.0 Å². The number of hydrogen-bond donors (Lipinski definition) is 1. The summed E-state index contributed by atoms with van der Waals surface area (Å²) in [5.41, 5.74) is 0.565. The number of ketones is 1. The van der Waals surface area contributed by atoms with Gasteiger partial charge in [-0.3, -0.25) is 9.59 Å². The van der Waals surface area contributed by atoms with Crippen molar-refractivity contribution >= 4 is 17.8 Å². The van der Waals surface area contributed by atoms with Gasteiger partial charge < -0.3 is 19.5 Å². The zero-order chi connectivity index (χ0) is 24.7. The minimum absolute atomic E-state index is 0.00654. The maximum Gasteiger partial charge on any atom is 0.407 e. The molecule has 34 heavy (non-hydrogen) atoms. The number of carbonyl (C=O) groups is 3. The molecular formula is C27H37NO6. The molecule has 1 amide bonds. The first-order valence-corrected chi connectivity index (χ1v) is 12.4. The molecule has 7 nitrogen and oxygen atoms in total. The largest absolute Gasteiger partial charge is 0.486 e. The molecule has 0 saturated heterocycles. The van der Waals surface area contributed by atoms with E-state index in [0.717, 1.165) is 31.2 Å². The van der Waals surface area contributed by atoms with Gasteiger partial charge >= 0.3 is 12.1 Å². The number of alkyl carbamates (subject to hydrolysis) is 1. The van der Waals surface area contributed by atoms with Crippen molar-refractivity contribution < 1.29 is 28.6 Å². The van der Waals surface area contributed by atoms with Gasteiger partial charge in [-0.1, -0.05) is 13.0 Å². The van der Waals surface area contributed by atoms with E-state index in [0.29, 0.717) is 36.5 Å². The smallest absolute Gasteiger partial charge is 0.407 e. The Bertz CT molecular complexity index is 952. The first-order valence-electron chi connectivity index (χ1n) is 12.4. The first kappa shape index (κ1) is 24.6. The predicted molar refractivity (Wildman–Crippen MR) is 127 cm³/mol. The molecule has 1 heterocycles. The lowest BCUT2D eigenvalue weighted by atomic mass is 9.76. The van der Waals surface area contributed by atoms with Crippen LogP contribution < -0.4 is 10.1 Å². The molecule has 2 saturated carbocycles. The Morgan fingerprint density at radius 2 is 1.82 bits per heavy atom. The van der Waals surface area contributed by atoms with E-state index < -0.39 is 17.3 Å². The van der Waals surface area contributed by atoms with E-state index in [9.17, 15) is 14.4 Å². The van der Waals surface area contributed by atoms with E-state index in [2.05, 4.69) is 5.32 Å². The van der Waals surface area contributed by atoms with Gasteiger partial charge in [-0.05, 0) is 88.8 Å². The van der Waals surface area contributed by atoms with Gasteiger partial charge in [0.25, 0.3) is 0 Å². The van der Waals surface area contributed by atoms with Gasteiger partial charge in [0, 0.05) is 6.04 Å². The summed E-state index contributed by atoms with van der Waals surface area (Å²) in [5.74, 6) is 0.764. The molecule has 3 aliphatic rings. The quantitative estimate of drug-likeness (QED) is 0.597. The Kier molecular flexibility index (Phi) is 6.67. The molecule has 0 bridgehead atoms. The highest BCUT2D eigenvalue weighted by molar-refractivity contribution is 6.00. The van der Waals surface area contributed by atoms with E-state index in [1.807, 2.05) is 45.9 Å². The SMILES string of the molecule is COC(=O)[C@H](C)[C@H](c1ccc2c(c1)OC1(CCC(NC(=O)OC(C)(C)C)CC1)CC2=O)C1CC1. The van der Waals surface area contributed by atoms with E-state index >= 15 is 0 Å². The van der Waals surface area contributed by atoms with Crippen LogP contribution in [0.25, 0.3) is 0 Å². The van der Waals surface area contributed by atoms with Crippen molar-refractivity contribution in [2.24, 2.45) is 11.8 Å². The number of Topliss-reactive ketones (excluding diaryl/α,β-unsaturated/α-hetero) is 1. The maximum atomic E-state index is 13.0. The van der Waals surface area contributed by atoms with Crippen LogP contribution in [-0.4, -0.2) is 42.2 Å². The number of carbonyl (C=O) groups excluding carboxylic acids is 3. The van der Waals surface area contributed by atoms with Crippen molar-refractivity contribution in [3.63, 3.8) is 0 Å². The van der Waals surface area contributed by atoms with Crippen molar-refractivity contribution in [3.05, 3.63) is 29.3 Å². The number of methoxy groups -OCH3 is 1. The highest BCUT2D eigenvalue weighted by Gasteiger charge is 2.45. The van der Waals surface area contributed by atoms with E-state index in [1.54, 1.807) is 0 Å². The molecule has 1 N–H and O–H groups in total. The van der Waals surface area contributed by atoms with Crippen LogP contribution >= 0.6 is 0 Å². The normalized spacial score (nSPS) is 26.1. The lowest BCUT2D eigenvalue weighted by Crippen LogP contribution is -2.49. The number of rotatable bonds is 5.